The molecule has 2 aromatic heterocycles. The molecule has 2 aliphatic heterocycles. The molecule has 0 N–H and O–H groups in total. The predicted molar refractivity (Wildman–Crippen MR) is 223 cm³/mol. The molecular weight excluding hydrogens is 868 g/mol. The van der Waals surface area contributed by atoms with Gasteiger partial charge in [0.05, 0.1) is 0 Å². The summed E-state index contributed by atoms with van der Waals surface area (Å²) in [6.07, 6.45) is 16.9. The van der Waals surface area contributed by atoms with Gasteiger partial charge in [0, 0.05) is 61.2 Å². The van der Waals surface area contributed by atoms with E-state index in [0.29, 0.717) is 23.3 Å². The quantitative estimate of drug-likeness (QED) is 0.156. The van der Waals surface area contributed by atoms with Crippen molar-refractivity contribution < 1.29 is 25.8 Å². The Morgan fingerprint density at radius 1 is 0.625 bits per heavy atom. The van der Waals surface area contributed by atoms with Gasteiger partial charge in [-0.25, -0.2) is 4.98 Å². The van der Waals surface area contributed by atoms with E-state index in [9.17, 15) is 0 Å². The first-order valence-electron chi connectivity index (χ1n) is 20.3. The van der Waals surface area contributed by atoms with Crippen molar-refractivity contribution in [1.82, 2.24) is 9.55 Å². The summed E-state index contributed by atoms with van der Waals surface area (Å²) in [5.41, 5.74) is 12.4. The van der Waals surface area contributed by atoms with E-state index in [-0.39, 0.29) is 27.2 Å². The molecule has 4 heterocycles. The zero-order valence-corrected chi connectivity index (χ0v) is 33.6. The molecule has 2 saturated carbocycles. The fraction of sp³-hybridized carbons (Fsp3) is 0.260. The number of pyridine rings is 1. The van der Waals surface area contributed by atoms with Crippen molar-refractivity contribution in [1.29, 1.82) is 0 Å². The van der Waals surface area contributed by atoms with Gasteiger partial charge < -0.3 is 19.5 Å². The van der Waals surface area contributed by atoms with Crippen molar-refractivity contribution in [3.05, 3.63) is 161 Å². The summed E-state index contributed by atoms with van der Waals surface area (Å²) in [5, 5.41) is 7.62. The van der Waals surface area contributed by atoms with Gasteiger partial charge in [-0.05, 0) is 84.5 Å². The zero-order valence-electron chi connectivity index (χ0n) is 31.4. The fourth-order valence-electron chi connectivity index (χ4n) is 10.1. The Labute approximate surface area is 343 Å². The van der Waals surface area contributed by atoms with Gasteiger partial charge in [-0.3, -0.25) is 0 Å². The molecule has 0 radical (unpaired) electrons. The second-order valence-electron chi connectivity index (χ2n) is 15.8. The molecule has 2 fully saturated rings. The second kappa shape index (κ2) is 14.8. The van der Waals surface area contributed by atoms with E-state index >= 15 is 0 Å². The van der Waals surface area contributed by atoms with E-state index in [4.69, 9.17) is 15.0 Å². The van der Waals surface area contributed by atoms with Gasteiger partial charge in [0.1, 0.15) is 5.82 Å². The van der Waals surface area contributed by atoms with Crippen LogP contribution in [0, 0.1) is 12.1 Å². The van der Waals surface area contributed by atoms with Crippen LogP contribution in [0.5, 0.6) is 11.5 Å². The Morgan fingerprint density at radius 2 is 1.32 bits per heavy atom. The maximum absolute atomic E-state index is 6.66. The molecule has 1 atom stereocenters. The molecule has 5 nitrogen and oxygen atoms in total. The van der Waals surface area contributed by atoms with E-state index in [0.717, 1.165) is 38.8 Å². The smallest absolute Gasteiger partial charge is 0.135 e. The molecule has 0 spiro atoms. The Bertz CT molecular complexity index is 2560. The molecule has 4 aliphatic rings. The minimum atomic E-state index is -0.222. The molecule has 7 aromatic rings. The van der Waals surface area contributed by atoms with Crippen LogP contribution in [0.2, 0.25) is 0 Å². The molecule has 11 rings (SSSR count). The third kappa shape index (κ3) is 5.89. The molecule has 0 bridgehead atoms. The molecule has 282 valence electrons. The zero-order chi connectivity index (χ0) is 36.3. The average Bonchev–Trinajstić information content (AvgIpc) is 3.84. The van der Waals surface area contributed by atoms with Crippen molar-refractivity contribution in [2.45, 2.75) is 82.2 Å². The van der Waals surface area contributed by atoms with Gasteiger partial charge in [-0.1, -0.05) is 110 Å². The van der Waals surface area contributed by atoms with Gasteiger partial charge >= 0.3 is 0 Å². The van der Waals surface area contributed by atoms with Crippen LogP contribution in [0.1, 0.15) is 104 Å². The Morgan fingerprint density at radius 3 is 2.09 bits per heavy atom. The topological polar surface area (TPSA) is 44.4 Å². The number of hydrogen-bond donors (Lipinski definition) is 0. The van der Waals surface area contributed by atoms with Gasteiger partial charge in [0.2, 0.25) is 0 Å². The molecule has 1 unspecified atom stereocenters. The standard InChI is InChI=1S/C50H43N4O.Pt/c1-3-14-33(15-4-1)37-20-13-21-38(34-16-5-2-6-17-34)49(37)47-32-52-50-43-30-35(25-27-39(43)40-18-7-10-23-45(40)54(47)50)55-36-26-28-42-41-19-8-9-22-44(41)53(46(42)31-36)48-24-11-12-29-51-48;/h7-13,18-29,32-34,50H,1-6,14-17H2;/q-3;. The number of nitrogens with zero attached hydrogens (tertiary/aromatic N) is 4. The summed E-state index contributed by atoms with van der Waals surface area (Å²) in [7, 11) is 0. The monoisotopic (exact) mass is 910 g/mol. The van der Waals surface area contributed by atoms with E-state index < -0.39 is 0 Å². The minimum Gasteiger partial charge on any atom is -0.667 e. The molecule has 56 heavy (non-hydrogen) atoms. The first-order valence-corrected chi connectivity index (χ1v) is 20.3. The number of fused-ring (bicyclic) bond motifs is 9. The van der Waals surface area contributed by atoms with E-state index in [1.54, 1.807) is 0 Å². The molecular formula is C50H43N4OPt-3. The number of rotatable bonds is 6. The van der Waals surface area contributed by atoms with Crippen molar-refractivity contribution in [3.8, 4) is 28.4 Å². The number of para-hydroxylation sites is 2. The van der Waals surface area contributed by atoms with Crippen LogP contribution in [0.15, 0.2) is 122 Å². The SMILES string of the molecule is [Pt].[c-]1c(Oc2[c-]c3c(cc2)c2ccccc2n3-c2ccccn2)ccc2c1C1[N-]C=C(c3c(C4CCCCC4)cccc3C3CCCCC3)N1c1ccccc1-2. The number of anilines is 1. The Balaban J connectivity index is 0.00000384. The minimum absolute atomic E-state index is 0. The largest absolute Gasteiger partial charge is 0.667 e. The van der Waals surface area contributed by atoms with Crippen LogP contribution < -0.4 is 9.64 Å². The second-order valence-corrected chi connectivity index (χ2v) is 15.8. The Hall–Kier alpha value is -5.12. The third-order valence-electron chi connectivity index (χ3n) is 12.6. The van der Waals surface area contributed by atoms with Crippen LogP contribution in [0.4, 0.5) is 5.69 Å². The molecule has 2 aliphatic carbocycles. The van der Waals surface area contributed by atoms with Crippen molar-refractivity contribution in [2.75, 3.05) is 4.90 Å². The summed E-state index contributed by atoms with van der Waals surface area (Å²) in [6.45, 7) is 0. The molecule has 6 heteroatoms. The number of aromatic nitrogens is 2. The molecule has 0 amide bonds. The number of hydrogen-bond acceptors (Lipinski definition) is 3. The molecule has 5 aromatic carbocycles. The van der Waals surface area contributed by atoms with Crippen LogP contribution in [0.3, 0.4) is 0 Å². The van der Waals surface area contributed by atoms with Gasteiger partial charge in [0.15, 0.2) is 0 Å². The van der Waals surface area contributed by atoms with E-state index in [2.05, 4.69) is 107 Å². The third-order valence-corrected chi connectivity index (χ3v) is 12.6. The van der Waals surface area contributed by atoms with Gasteiger partial charge in [-0.2, -0.15) is 18.3 Å². The maximum Gasteiger partial charge on any atom is 0.135 e. The van der Waals surface area contributed by atoms with Crippen LogP contribution in [-0.4, -0.2) is 9.55 Å². The van der Waals surface area contributed by atoms with Crippen LogP contribution in [0.25, 0.3) is 49.8 Å². The summed E-state index contributed by atoms with van der Waals surface area (Å²) in [6, 6.07) is 46.3. The summed E-state index contributed by atoms with van der Waals surface area (Å²) >= 11 is 0. The average molecular weight is 911 g/mol. The van der Waals surface area contributed by atoms with Gasteiger partial charge in [-0.15, -0.1) is 40.8 Å². The maximum atomic E-state index is 6.66. The van der Waals surface area contributed by atoms with Crippen molar-refractivity contribution >= 4 is 33.2 Å². The first-order chi connectivity index (χ1) is 27.3. The number of benzene rings is 5. The van der Waals surface area contributed by atoms with Crippen LogP contribution in [-0.2, 0) is 21.1 Å². The van der Waals surface area contributed by atoms with Gasteiger partial charge in [0.25, 0.3) is 0 Å². The van der Waals surface area contributed by atoms with Crippen molar-refractivity contribution in [2.24, 2.45) is 0 Å². The predicted octanol–water partition coefficient (Wildman–Crippen LogP) is 13.5. The summed E-state index contributed by atoms with van der Waals surface area (Å²) < 4.78 is 8.83. The normalized spacial score (nSPS) is 18.1. The number of ether oxygens (including phenoxy) is 1. The van der Waals surface area contributed by atoms with E-state index in [1.165, 1.54) is 97.8 Å². The fourth-order valence-corrected chi connectivity index (χ4v) is 10.1. The summed E-state index contributed by atoms with van der Waals surface area (Å²) in [4.78, 5) is 7.21. The Kier molecular flexibility index (Phi) is 9.30. The van der Waals surface area contributed by atoms with Crippen molar-refractivity contribution in [3.63, 3.8) is 0 Å². The first kappa shape index (κ1) is 35.3. The molecule has 0 saturated heterocycles. The van der Waals surface area contributed by atoms with Crippen LogP contribution >= 0.6 is 0 Å². The summed E-state index contributed by atoms with van der Waals surface area (Å²) in [5.74, 6) is 3.33. The van der Waals surface area contributed by atoms with E-state index in [1.807, 2.05) is 36.5 Å².